The number of pyridine rings is 1. The molecule has 7 heteroatoms. The Morgan fingerprint density at radius 3 is 2.43 bits per heavy atom. The van der Waals surface area contributed by atoms with Crippen LogP contribution in [0.15, 0.2) is 52.6 Å². The van der Waals surface area contributed by atoms with Crippen LogP contribution in [0.4, 0.5) is 10.2 Å². The standard InChI is InChI=1S/C16H14FN3O2S/c1-10-7-8-18-14(9-10)19-16-11(2)15(23(21,22)20-16)12-3-5-13(17)6-4-12/h3-9H,1-2H3,(H,18,19,20). The summed E-state index contributed by atoms with van der Waals surface area (Å²) in [5.41, 5.74) is 1.87. The van der Waals surface area contributed by atoms with Gasteiger partial charge in [-0.05, 0) is 49.2 Å². The lowest BCUT2D eigenvalue weighted by Gasteiger charge is -2.06. The lowest BCUT2D eigenvalue weighted by molar-refractivity contribution is 0.608. The van der Waals surface area contributed by atoms with Crippen molar-refractivity contribution in [3.63, 3.8) is 0 Å². The van der Waals surface area contributed by atoms with Gasteiger partial charge in [-0.15, -0.1) is 4.40 Å². The monoisotopic (exact) mass is 331 g/mol. The summed E-state index contributed by atoms with van der Waals surface area (Å²) >= 11 is 0. The molecule has 0 atom stereocenters. The number of halogens is 1. The molecule has 1 aromatic heterocycles. The van der Waals surface area contributed by atoms with E-state index in [9.17, 15) is 12.8 Å². The molecule has 0 radical (unpaired) electrons. The largest absolute Gasteiger partial charge is 0.324 e. The van der Waals surface area contributed by atoms with Crippen molar-refractivity contribution < 1.29 is 12.8 Å². The van der Waals surface area contributed by atoms with E-state index in [2.05, 4.69) is 14.7 Å². The van der Waals surface area contributed by atoms with Gasteiger partial charge < -0.3 is 5.32 Å². The molecular formula is C16H14FN3O2S. The summed E-state index contributed by atoms with van der Waals surface area (Å²) < 4.78 is 41.5. The molecule has 1 aliphatic heterocycles. The highest BCUT2D eigenvalue weighted by atomic mass is 32.2. The van der Waals surface area contributed by atoms with Crippen LogP contribution < -0.4 is 5.32 Å². The zero-order valence-corrected chi connectivity index (χ0v) is 13.4. The van der Waals surface area contributed by atoms with Gasteiger partial charge >= 0.3 is 0 Å². The Hall–Kier alpha value is -2.54. The first-order valence-corrected chi connectivity index (χ1v) is 8.33. The first kappa shape index (κ1) is 15.4. The average Bonchev–Trinajstić information content (AvgIpc) is 2.70. The van der Waals surface area contributed by atoms with Gasteiger partial charge in [0.15, 0.2) is 0 Å². The number of hydrogen-bond donors (Lipinski definition) is 1. The molecule has 1 aromatic carbocycles. The molecule has 1 aliphatic rings. The Balaban J connectivity index is 2.01. The third kappa shape index (κ3) is 3.00. The number of aromatic nitrogens is 1. The van der Waals surface area contributed by atoms with Crippen molar-refractivity contribution in [3.8, 4) is 0 Å². The quantitative estimate of drug-likeness (QED) is 0.918. The predicted molar refractivity (Wildman–Crippen MR) is 87.9 cm³/mol. The van der Waals surface area contributed by atoms with Crippen molar-refractivity contribution in [2.75, 3.05) is 5.32 Å². The van der Waals surface area contributed by atoms with E-state index < -0.39 is 15.8 Å². The van der Waals surface area contributed by atoms with E-state index in [1.165, 1.54) is 24.3 Å². The van der Waals surface area contributed by atoms with Crippen LogP contribution in [-0.4, -0.2) is 19.2 Å². The van der Waals surface area contributed by atoms with Gasteiger partial charge in [-0.3, -0.25) is 0 Å². The normalized spacial score (nSPS) is 16.4. The molecule has 2 aromatic rings. The van der Waals surface area contributed by atoms with E-state index in [-0.39, 0.29) is 10.7 Å². The second kappa shape index (κ2) is 5.58. The van der Waals surface area contributed by atoms with E-state index in [0.717, 1.165) is 5.56 Å². The molecule has 2 heterocycles. The lowest BCUT2D eigenvalue weighted by atomic mass is 10.1. The van der Waals surface area contributed by atoms with Crippen molar-refractivity contribution in [2.45, 2.75) is 13.8 Å². The summed E-state index contributed by atoms with van der Waals surface area (Å²) in [6.07, 6.45) is 1.63. The Morgan fingerprint density at radius 2 is 1.78 bits per heavy atom. The van der Waals surface area contributed by atoms with Crippen molar-refractivity contribution in [1.29, 1.82) is 0 Å². The van der Waals surface area contributed by atoms with Crippen LogP contribution in [0.25, 0.3) is 4.91 Å². The van der Waals surface area contributed by atoms with Crippen molar-refractivity contribution in [1.82, 2.24) is 4.98 Å². The third-order valence-corrected chi connectivity index (χ3v) is 4.91. The summed E-state index contributed by atoms with van der Waals surface area (Å²) in [5.74, 6) is 0.312. The van der Waals surface area contributed by atoms with Gasteiger partial charge in [-0.1, -0.05) is 12.1 Å². The SMILES string of the molecule is CC1=C(c2ccc(F)cc2)S(=O)(=O)N=C1Nc1cc(C)ccn1. The van der Waals surface area contributed by atoms with Crippen LogP contribution >= 0.6 is 0 Å². The first-order valence-electron chi connectivity index (χ1n) is 6.89. The molecule has 118 valence electrons. The van der Waals surface area contributed by atoms with E-state index in [1.54, 1.807) is 19.2 Å². The number of anilines is 1. The molecule has 0 spiro atoms. The molecule has 0 unspecified atom stereocenters. The summed E-state index contributed by atoms with van der Waals surface area (Å²) in [7, 11) is -3.83. The molecule has 0 amide bonds. The molecule has 5 nitrogen and oxygen atoms in total. The van der Waals surface area contributed by atoms with E-state index in [1.807, 2.05) is 13.0 Å². The second-order valence-electron chi connectivity index (χ2n) is 5.22. The molecule has 0 bridgehead atoms. The summed E-state index contributed by atoms with van der Waals surface area (Å²) in [6, 6.07) is 8.92. The molecule has 1 N–H and O–H groups in total. The van der Waals surface area contributed by atoms with Crippen LogP contribution in [0.3, 0.4) is 0 Å². The number of benzene rings is 1. The Labute approximate surface area is 133 Å². The van der Waals surface area contributed by atoms with Gasteiger partial charge in [-0.2, -0.15) is 8.42 Å². The number of rotatable bonds is 2. The van der Waals surface area contributed by atoms with Crippen molar-refractivity contribution in [3.05, 3.63) is 65.1 Å². The minimum absolute atomic E-state index is 0.0765. The summed E-state index contributed by atoms with van der Waals surface area (Å²) in [6.45, 7) is 3.57. The number of aryl methyl sites for hydroxylation is 1. The number of hydrogen-bond acceptors (Lipinski definition) is 4. The number of sulfonamides is 1. The first-order chi connectivity index (χ1) is 10.9. The van der Waals surface area contributed by atoms with Crippen LogP contribution in [0, 0.1) is 12.7 Å². The van der Waals surface area contributed by atoms with Crippen molar-refractivity contribution >= 4 is 26.6 Å². The van der Waals surface area contributed by atoms with Gasteiger partial charge in [0.1, 0.15) is 22.4 Å². The highest BCUT2D eigenvalue weighted by Gasteiger charge is 2.31. The Bertz CT molecular complexity index is 932. The summed E-state index contributed by atoms with van der Waals surface area (Å²) in [4.78, 5) is 4.21. The molecule has 23 heavy (non-hydrogen) atoms. The van der Waals surface area contributed by atoms with Crippen LogP contribution in [0.2, 0.25) is 0 Å². The minimum atomic E-state index is -3.83. The zero-order valence-electron chi connectivity index (χ0n) is 12.5. The van der Waals surface area contributed by atoms with E-state index in [0.29, 0.717) is 17.0 Å². The Kier molecular flexibility index (Phi) is 3.73. The van der Waals surface area contributed by atoms with Crippen LogP contribution in [0.5, 0.6) is 0 Å². The highest BCUT2D eigenvalue weighted by Crippen LogP contribution is 2.32. The van der Waals surface area contributed by atoms with Crippen LogP contribution in [0.1, 0.15) is 18.1 Å². The predicted octanol–water partition coefficient (Wildman–Crippen LogP) is 3.11. The molecule has 0 saturated heterocycles. The highest BCUT2D eigenvalue weighted by molar-refractivity contribution is 8.00. The van der Waals surface area contributed by atoms with Crippen molar-refractivity contribution in [2.24, 2.45) is 4.40 Å². The second-order valence-corrected chi connectivity index (χ2v) is 6.76. The fourth-order valence-electron chi connectivity index (χ4n) is 2.34. The molecule has 3 rings (SSSR count). The fraction of sp³-hybridized carbons (Fsp3) is 0.125. The van der Waals surface area contributed by atoms with E-state index in [4.69, 9.17) is 0 Å². The zero-order chi connectivity index (χ0) is 16.6. The van der Waals surface area contributed by atoms with Crippen LogP contribution in [-0.2, 0) is 10.0 Å². The van der Waals surface area contributed by atoms with Gasteiger partial charge in [0.25, 0.3) is 10.0 Å². The molecule has 0 fully saturated rings. The number of amidine groups is 1. The molecule has 0 saturated carbocycles. The summed E-state index contributed by atoms with van der Waals surface area (Å²) in [5, 5.41) is 2.93. The molecule has 0 aliphatic carbocycles. The maximum absolute atomic E-state index is 13.1. The fourth-order valence-corrected chi connectivity index (χ4v) is 3.78. The lowest BCUT2D eigenvalue weighted by Crippen LogP contribution is -2.12. The third-order valence-electron chi connectivity index (χ3n) is 3.43. The van der Waals surface area contributed by atoms with Gasteiger partial charge in [0.05, 0.1) is 0 Å². The Morgan fingerprint density at radius 1 is 1.09 bits per heavy atom. The van der Waals surface area contributed by atoms with Gasteiger partial charge in [0, 0.05) is 11.8 Å². The average molecular weight is 331 g/mol. The molecular weight excluding hydrogens is 317 g/mol. The number of nitrogens with zero attached hydrogens (tertiary/aromatic N) is 2. The smallest absolute Gasteiger partial charge is 0.285 e. The topological polar surface area (TPSA) is 71.4 Å². The number of nitrogens with one attached hydrogen (secondary N) is 1. The minimum Gasteiger partial charge on any atom is -0.324 e. The maximum Gasteiger partial charge on any atom is 0.285 e. The van der Waals surface area contributed by atoms with Gasteiger partial charge in [0.2, 0.25) is 0 Å². The van der Waals surface area contributed by atoms with Gasteiger partial charge in [-0.25, -0.2) is 9.37 Å². The van der Waals surface area contributed by atoms with E-state index >= 15 is 0 Å². The maximum atomic E-state index is 13.1.